The summed E-state index contributed by atoms with van der Waals surface area (Å²) in [5.41, 5.74) is 0.717. The van der Waals surface area contributed by atoms with Crippen LogP contribution in [0.2, 0.25) is 0 Å². The number of unbranched alkanes of at least 4 members (excludes halogenated alkanes) is 1. The van der Waals surface area contributed by atoms with E-state index in [1.54, 1.807) is 47.6 Å². The van der Waals surface area contributed by atoms with E-state index in [4.69, 9.17) is 14.2 Å². The Hall–Kier alpha value is -1.91. The maximum atomic E-state index is 12.0. The Morgan fingerprint density at radius 2 is 1.71 bits per heavy atom. The monoisotopic (exact) mass is 550 g/mol. The van der Waals surface area contributed by atoms with E-state index in [0.29, 0.717) is 29.1 Å². The normalized spacial score (nSPS) is 11.8. The predicted octanol–water partition coefficient (Wildman–Crippen LogP) is 3.99. The van der Waals surface area contributed by atoms with Gasteiger partial charge < -0.3 is 29.7 Å². The lowest BCUT2D eigenvalue weighted by atomic mass is 9.99. The van der Waals surface area contributed by atoms with Crippen LogP contribution in [0.25, 0.3) is 0 Å². The molecule has 0 heterocycles. The van der Waals surface area contributed by atoms with Crippen molar-refractivity contribution in [3.05, 3.63) is 12.1 Å². The van der Waals surface area contributed by atoms with Crippen LogP contribution in [0.1, 0.15) is 39.5 Å². The Labute approximate surface area is 204 Å². The van der Waals surface area contributed by atoms with E-state index in [9.17, 15) is 4.79 Å². The molecule has 2 N–H and O–H groups in total. The molecule has 0 saturated heterocycles. The maximum absolute atomic E-state index is 12.0. The van der Waals surface area contributed by atoms with Gasteiger partial charge in [0.1, 0.15) is 6.54 Å². The van der Waals surface area contributed by atoms with Crippen molar-refractivity contribution in [3.8, 4) is 17.2 Å². The summed E-state index contributed by atoms with van der Waals surface area (Å²) in [7, 11) is 8.15. The number of nitrogens with one attached hydrogen (secondary N) is 2. The molecule has 0 aliphatic carbocycles. The van der Waals surface area contributed by atoms with Crippen LogP contribution in [0.4, 0.5) is 5.69 Å². The molecule has 1 atom stereocenters. The van der Waals surface area contributed by atoms with Gasteiger partial charge in [0.25, 0.3) is 0 Å². The summed E-state index contributed by atoms with van der Waals surface area (Å²) >= 11 is 0. The lowest BCUT2D eigenvalue weighted by Gasteiger charge is -2.20. The first-order chi connectivity index (χ1) is 14.4. The third kappa shape index (κ3) is 9.84. The maximum Gasteiger partial charge on any atom is 0.243 e. The average molecular weight is 550 g/mol. The van der Waals surface area contributed by atoms with Crippen LogP contribution in [0.3, 0.4) is 0 Å². The van der Waals surface area contributed by atoms with Crippen molar-refractivity contribution in [2.45, 2.75) is 39.5 Å². The Morgan fingerprint density at radius 3 is 2.16 bits per heavy atom. The molecule has 0 aromatic heterocycles. The second kappa shape index (κ2) is 15.8. The lowest BCUT2D eigenvalue weighted by molar-refractivity contribution is -0.127. The molecule has 1 aromatic carbocycles. The zero-order valence-electron chi connectivity index (χ0n) is 19.9. The van der Waals surface area contributed by atoms with E-state index in [2.05, 4.69) is 29.5 Å². The molecule has 0 spiro atoms. The number of methoxy groups -OCH3 is 3. The topological polar surface area (TPSA) is 84.4 Å². The number of amides is 1. The Kier molecular flexibility index (Phi) is 14.9. The molecule has 8 nitrogen and oxygen atoms in total. The molecular weight excluding hydrogens is 511 g/mol. The number of hydrogen-bond acceptors (Lipinski definition) is 5. The molecule has 0 aliphatic heterocycles. The molecule has 1 unspecified atom stereocenters. The zero-order chi connectivity index (χ0) is 22.5. The number of rotatable bonds is 12. The number of benzene rings is 1. The van der Waals surface area contributed by atoms with Crippen molar-refractivity contribution in [2.24, 2.45) is 10.9 Å². The third-order valence-electron chi connectivity index (χ3n) is 4.90. The molecule has 31 heavy (non-hydrogen) atoms. The molecule has 9 heteroatoms. The minimum atomic E-state index is -0.0704. The number of hydrogen-bond donors (Lipinski definition) is 2. The van der Waals surface area contributed by atoms with Crippen molar-refractivity contribution in [1.82, 2.24) is 10.2 Å². The first-order valence-corrected chi connectivity index (χ1v) is 10.4. The van der Waals surface area contributed by atoms with Gasteiger partial charge in [0.05, 0.1) is 21.3 Å². The third-order valence-corrected chi connectivity index (χ3v) is 4.90. The van der Waals surface area contributed by atoms with Gasteiger partial charge in [-0.05, 0) is 12.3 Å². The van der Waals surface area contributed by atoms with Crippen LogP contribution in [-0.2, 0) is 4.79 Å². The van der Waals surface area contributed by atoms with Crippen LogP contribution in [0.15, 0.2) is 17.1 Å². The van der Waals surface area contributed by atoms with Gasteiger partial charge in [-0.2, -0.15) is 0 Å². The summed E-state index contributed by atoms with van der Waals surface area (Å²) in [6.07, 6.45) is 4.62. The van der Waals surface area contributed by atoms with E-state index in [1.165, 1.54) is 17.7 Å². The van der Waals surface area contributed by atoms with Crippen LogP contribution in [-0.4, -0.2) is 65.3 Å². The smallest absolute Gasteiger partial charge is 0.243 e. The van der Waals surface area contributed by atoms with Crippen molar-refractivity contribution >= 4 is 41.5 Å². The van der Waals surface area contributed by atoms with Gasteiger partial charge in [0, 0.05) is 38.5 Å². The summed E-state index contributed by atoms with van der Waals surface area (Å²) in [5.74, 6) is 2.61. The van der Waals surface area contributed by atoms with Gasteiger partial charge in [-0.1, -0.05) is 33.1 Å². The van der Waals surface area contributed by atoms with Gasteiger partial charge in [0.2, 0.25) is 11.7 Å². The lowest BCUT2D eigenvalue weighted by Crippen LogP contribution is -2.36. The van der Waals surface area contributed by atoms with Gasteiger partial charge in [0.15, 0.2) is 17.5 Å². The van der Waals surface area contributed by atoms with Crippen LogP contribution in [0.5, 0.6) is 17.2 Å². The van der Waals surface area contributed by atoms with Gasteiger partial charge >= 0.3 is 0 Å². The van der Waals surface area contributed by atoms with Crippen molar-refractivity contribution in [1.29, 1.82) is 0 Å². The molecule has 0 bridgehead atoms. The fourth-order valence-electron chi connectivity index (χ4n) is 2.90. The zero-order valence-corrected chi connectivity index (χ0v) is 22.2. The van der Waals surface area contributed by atoms with E-state index >= 15 is 0 Å². The number of ether oxygens (including phenoxy) is 3. The molecule has 0 aliphatic rings. The fourth-order valence-corrected chi connectivity index (χ4v) is 2.90. The Morgan fingerprint density at radius 1 is 1.10 bits per heavy atom. The average Bonchev–Trinajstić information content (AvgIpc) is 2.75. The van der Waals surface area contributed by atoms with Gasteiger partial charge in [-0.15, -0.1) is 24.0 Å². The number of likely N-dealkylation sites (N-methyl/N-ethyl adjacent to an activating group) is 1. The molecule has 0 saturated carbocycles. The Balaban J connectivity index is 0.00000900. The minimum absolute atomic E-state index is 0. The first kappa shape index (κ1) is 29.1. The second-order valence-corrected chi connectivity index (χ2v) is 7.29. The van der Waals surface area contributed by atoms with Gasteiger partial charge in [-0.25, -0.2) is 4.99 Å². The highest BCUT2D eigenvalue weighted by Crippen LogP contribution is 2.39. The second-order valence-electron chi connectivity index (χ2n) is 7.29. The number of carbonyl (C=O) groups is 1. The quantitative estimate of drug-likeness (QED) is 0.233. The number of carbonyl (C=O) groups excluding carboxylic acids is 1. The van der Waals surface area contributed by atoms with Crippen LogP contribution >= 0.6 is 24.0 Å². The van der Waals surface area contributed by atoms with Crippen molar-refractivity contribution in [3.63, 3.8) is 0 Å². The standard InChI is InChI=1S/C22H38N4O4.HI/c1-8-10-11-16(9-2)14-23-22(24-15-20(27)26(3)4)25-17-12-18(28-5)21(30-7)19(13-17)29-6;/h12-13,16H,8-11,14-15H2,1-7H3,(H2,23,24,25);1H. The highest BCUT2D eigenvalue weighted by molar-refractivity contribution is 14.0. The number of aliphatic imine (C=N–C) groups is 1. The van der Waals surface area contributed by atoms with E-state index in [-0.39, 0.29) is 36.4 Å². The first-order valence-electron chi connectivity index (χ1n) is 10.4. The van der Waals surface area contributed by atoms with E-state index < -0.39 is 0 Å². The number of guanidine groups is 1. The fraction of sp³-hybridized carbons (Fsp3) is 0.636. The highest BCUT2D eigenvalue weighted by atomic mass is 127. The molecular formula is C22H39IN4O4. The molecule has 1 amide bonds. The summed E-state index contributed by atoms with van der Waals surface area (Å²) in [4.78, 5) is 18.0. The van der Waals surface area contributed by atoms with Crippen LogP contribution < -0.4 is 24.8 Å². The minimum Gasteiger partial charge on any atom is -0.493 e. The molecule has 0 radical (unpaired) electrons. The number of halogens is 1. The number of anilines is 1. The van der Waals surface area contributed by atoms with Crippen LogP contribution in [0, 0.1) is 5.92 Å². The molecule has 0 fully saturated rings. The Bertz CT molecular complexity index is 673. The summed E-state index contributed by atoms with van der Waals surface area (Å²) in [6.45, 7) is 5.23. The SMILES string of the molecule is CCCCC(CC)CNC(=NCC(=O)N(C)C)Nc1cc(OC)c(OC)c(OC)c1.I. The summed E-state index contributed by atoms with van der Waals surface area (Å²) in [5, 5.41) is 6.64. The largest absolute Gasteiger partial charge is 0.493 e. The highest BCUT2D eigenvalue weighted by Gasteiger charge is 2.15. The molecule has 178 valence electrons. The molecule has 1 aromatic rings. The molecule has 1 rings (SSSR count). The summed E-state index contributed by atoms with van der Waals surface area (Å²) in [6, 6.07) is 3.61. The van der Waals surface area contributed by atoms with Gasteiger partial charge in [-0.3, -0.25) is 4.79 Å². The van der Waals surface area contributed by atoms with E-state index in [0.717, 1.165) is 25.1 Å². The predicted molar refractivity (Wildman–Crippen MR) is 137 cm³/mol. The van der Waals surface area contributed by atoms with Crippen molar-refractivity contribution in [2.75, 3.05) is 53.8 Å². The van der Waals surface area contributed by atoms with Crippen molar-refractivity contribution < 1.29 is 19.0 Å². The summed E-state index contributed by atoms with van der Waals surface area (Å²) < 4.78 is 16.2. The number of nitrogens with zero attached hydrogens (tertiary/aromatic N) is 2. The van der Waals surface area contributed by atoms with E-state index in [1.807, 2.05) is 0 Å².